The fourth-order valence-electron chi connectivity index (χ4n) is 3.35. The summed E-state index contributed by atoms with van der Waals surface area (Å²) in [5, 5.41) is 1.57. The summed E-state index contributed by atoms with van der Waals surface area (Å²) in [5.41, 5.74) is 5.83. The zero-order chi connectivity index (χ0) is 15.9. The van der Waals surface area contributed by atoms with Gasteiger partial charge in [-0.25, -0.2) is 0 Å². The van der Waals surface area contributed by atoms with Crippen LogP contribution in [0.2, 0.25) is 19.6 Å². The molecule has 0 amide bonds. The zero-order valence-corrected chi connectivity index (χ0v) is 15.4. The van der Waals surface area contributed by atoms with Crippen molar-refractivity contribution in [3.8, 4) is 0 Å². The van der Waals surface area contributed by atoms with E-state index >= 15 is 0 Å². The number of hydrogen-bond donors (Lipinski definition) is 0. The van der Waals surface area contributed by atoms with Crippen LogP contribution < -0.4 is 5.19 Å². The van der Waals surface area contributed by atoms with Gasteiger partial charge in [0, 0.05) is 5.92 Å². The second-order valence-electron chi connectivity index (χ2n) is 7.71. The third-order valence-electron chi connectivity index (χ3n) is 4.71. The van der Waals surface area contributed by atoms with E-state index in [0.29, 0.717) is 11.8 Å². The Morgan fingerprint density at radius 2 is 1.64 bits per heavy atom. The minimum absolute atomic E-state index is 0.421. The van der Waals surface area contributed by atoms with E-state index in [2.05, 4.69) is 88.1 Å². The lowest BCUT2D eigenvalue weighted by atomic mass is 9.86. The van der Waals surface area contributed by atoms with Gasteiger partial charge in [0.25, 0.3) is 0 Å². The van der Waals surface area contributed by atoms with Crippen molar-refractivity contribution in [2.24, 2.45) is 0 Å². The fraction of sp³-hybridized carbons (Fsp3) is 0.333. The van der Waals surface area contributed by atoms with Crippen molar-refractivity contribution < 1.29 is 0 Å². The molecule has 0 radical (unpaired) electrons. The standard InChI is InChI=1S/C21H26Si/c1-15(2)21-14-17(22(3,4)5)11-13-20(21)19-12-10-16-8-6-7-9-18(16)19/h6-15,19H,1-5H3. The molecule has 0 spiro atoms. The summed E-state index contributed by atoms with van der Waals surface area (Å²) in [6.07, 6.45) is 4.64. The highest BCUT2D eigenvalue weighted by atomic mass is 28.3. The Balaban J connectivity index is 2.11. The van der Waals surface area contributed by atoms with Crippen LogP contribution in [0.4, 0.5) is 0 Å². The Bertz CT molecular complexity index is 717. The molecule has 0 aliphatic heterocycles. The molecular formula is C21H26Si. The quantitative estimate of drug-likeness (QED) is 0.656. The zero-order valence-electron chi connectivity index (χ0n) is 14.4. The smallest absolute Gasteiger partial charge is 0.0720 e. The van der Waals surface area contributed by atoms with E-state index in [4.69, 9.17) is 0 Å². The van der Waals surface area contributed by atoms with Gasteiger partial charge in [-0.3, -0.25) is 0 Å². The molecule has 0 saturated carbocycles. The molecule has 0 bridgehead atoms. The molecular weight excluding hydrogens is 280 g/mol. The molecule has 0 aromatic heterocycles. The van der Waals surface area contributed by atoms with Gasteiger partial charge in [0.05, 0.1) is 8.07 Å². The van der Waals surface area contributed by atoms with Crippen LogP contribution in [0.1, 0.15) is 47.9 Å². The topological polar surface area (TPSA) is 0 Å². The summed E-state index contributed by atoms with van der Waals surface area (Å²) in [5.74, 6) is 0.983. The molecule has 0 saturated heterocycles. The lowest BCUT2D eigenvalue weighted by Gasteiger charge is -2.24. The van der Waals surface area contributed by atoms with E-state index in [-0.39, 0.29) is 0 Å². The summed E-state index contributed by atoms with van der Waals surface area (Å²) >= 11 is 0. The van der Waals surface area contributed by atoms with Crippen LogP contribution in [0.5, 0.6) is 0 Å². The van der Waals surface area contributed by atoms with Crippen molar-refractivity contribution in [2.75, 3.05) is 0 Å². The van der Waals surface area contributed by atoms with E-state index in [1.54, 1.807) is 5.19 Å². The highest BCUT2D eigenvalue weighted by Crippen LogP contribution is 2.38. The largest absolute Gasteiger partial charge is 0.0776 e. The second-order valence-corrected chi connectivity index (χ2v) is 12.8. The van der Waals surface area contributed by atoms with Crippen LogP contribution in [0.3, 0.4) is 0 Å². The fourth-order valence-corrected chi connectivity index (χ4v) is 4.52. The number of fused-ring (bicyclic) bond motifs is 1. The first-order valence-electron chi connectivity index (χ1n) is 8.29. The summed E-state index contributed by atoms with van der Waals surface area (Å²) < 4.78 is 0. The Hall–Kier alpha value is -1.60. The molecule has 114 valence electrons. The van der Waals surface area contributed by atoms with Crippen LogP contribution in [-0.2, 0) is 0 Å². The lowest BCUT2D eigenvalue weighted by Crippen LogP contribution is -2.38. The van der Waals surface area contributed by atoms with Crippen LogP contribution in [0, 0.1) is 0 Å². The number of hydrogen-bond acceptors (Lipinski definition) is 0. The molecule has 22 heavy (non-hydrogen) atoms. The Labute approximate surface area is 135 Å². The molecule has 2 aromatic carbocycles. The number of benzene rings is 2. The average molecular weight is 307 g/mol. The van der Waals surface area contributed by atoms with Crippen molar-refractivity contribution in [2.45, 2.75) is 45.3 Å². The van der Waals surface area contributed by atoms with Gasteiger partial charge in [-0.2, -0.15) is 0 Å². The van der Waals surface area contributed by atoms with Crippen LogP contribution in [0.15, 0.2) is 48.5 Å². The van der Waals surface area contributed by atoms with Crippen molar-refractivity contribution >= 4 is 19.3 Å². The maximum atomic E-state index is 2.49. The third-order valence-corrected chi connectivity index (χ3v) is 6.75. The molecule has 0 heterocycles. The van der Waals surface area contributed by atoms with E-state index in [0.717, 1.165) is 0 Å². The molecule has 0 nitrogen and oxygen atoms in total. The second kappa shape index (κ2) is 5.55. The molecule has 1 heteroatoms. The van der Waals surface area contributed by atoms with Gasteiger partial charge in [-0.1, -0.05) is 93.3 Å². The number of rotatable bonds is 3. The van der Waals surface area contributed by atoms with Gasteiger partial charge < -0.3 is 0 Å². The molecule has 1 unspecified atom stereocenters. The summed E-state index contributed by atoms with van der Waals surface area (Å²) in [6.45, 7) is 11.9. The third kappa shape index (κ3) is 2.70. The van der Waals surface area contributed by atoms with E-state index < -0.39 is 8.07 Å². The molecule has 0 fully saturated rings. The molecule has 1 aliphatic carbocycles. The molecule has 1 aliphatic rings. The molecule has 1 atom stereocenters. The normalized spacial score (nSPS) is 17.1. The minimum Gasteiger partial charge on any atom is -0.0720 e. The highest BCUT2D eigenvalue weighted by molar-refractivity contribution is 6.88. The van der Waals surface area contributed by atoms with Crippen molar-refractivity contribution in [1.29, 1.82) is 0 Å². The van der Waals surface area contributed by atoms with Crippen LogP contribution >= 0.6 is 0 Å². The Morgan fingerprint density at radius 3 is 2.32 bits per heavy atom. The average Bonchev–Trinajstić information content (AvgIpc) is 2.89. The first-order valence-corrected chi connectivity index (χ1v) is 11.8. The molecule has 2 aromatic rings. The predicted octanol–water partition coefficient (Wildman–Crippen LogP) is 5.51. The highest BCUT2D eigenvalue weighted by Gasteiger charge is 2.24. The molecule has 3 rings (SSSR count). The summed E-state index contributed by atoms with van der Waals surface area (Å²) in [6, 6.07) is 16.0. The Kier molecular flexibility index (Phi) is 3.86. The van der Waals surface area contributed by atoms with E-state index in [1.807, 2.05) is 0 Å². The van der Waals surface area contributed by atoms with Gasteiger partial charge in [0.2, 0.25) is 0 Å². The predicted molar refractivity (Wildman–Crippen MR) is 101 cm³/mol. The van der Waals surface area contributed by atoms with Gasteiger partial charge in [0.1, 0.15) is 0 Å². The minimum atomic E-state index is -1.26. The lowest BCUT2D eigenvalue weighted by molar-refractivity contribution is 0.837. The van der Waals surface area contributed by atoms with Crippen LogP contribution in [0.25, 0.3) is 6.08 Å². The number of allylic oxidation sites excluding steroid dienone is 1. The van der Waals surface area contributed by atoms with Crippen molar-refractivity contribution in [3.63, 3.8) is 0 Å². The van der Waals surface area contributed by atoms with E-state index in [9.17, 15) is 0 Å². The van der Waals surface area contributed by atoms with Crippen molar-refractivity contribution in [3.05, 3.63) is 70.8 Å². The van der Waals surface area contributed by atoms with Gasteiger partial charge in [-0.15, -0.1) is 0 Å². The maximum Gasteiger partial charge on any atom is 0.0776 e. The monoisotopic (exact) mass is 306 g/mol. The molecule has 0 N–H and O–H groups in total. The SMILES string of the molecule is CC(C)c1cc([Si](C)(C)C)ccc1C1C=Cc2ccccc21. The Morgan fingerprint density at radius 1 is 0.909 bits per heavy atom. The van der Waals surface area contributed by atoms with Crippen LogP contribution in [-0.4, -0.2) is 8.07 Å². The first-order chi connectivity index (χ1) is 10.4. The van der Waals surface area contributed by atoms with E-state index in [1.165, 1.54) is 22.3 Å². The first kappa shape index (κ1) is 15.3. The van der Waals surface area contributed by atoms with Gasteiger partial charge in [-0.05, 0) is 28.2 Å². The van der Waals surface area contributed by atoms with Crippen molar-refractivity contribution in [1.82, 2.24) is 0 Å². The maximum absolute atomic E-state index is 2.49. The summed E-state index contributed by atoms with van der Waals surface area (Å²) in [7, 11) is -1.26. The van der Waals surface area contributed by atoms with Gasteiger partial charge >= 0.3 is 0 Å². The van der Waals surface area contributed by atoms with Gasteiger partial charge in [0.15, 0.2) is 0 Å². The summed E-state index contributed by atoms with van der Waals surface area (Å²) in [4.78, 5) is 0.